The van der Waals surface area contributed by atoms with Gasteiger partial charge in [0.05, 0.1) is 19.8 Å². The van der Waals surface area contributed by atoms with Crippen molar-refractivity contribution < 1.29 is 14.3 Å². The van der Waals surface area contributed by atoms with Crippen molar-refractivity contribution in [2.45, 2.75) is 38.8 Å². The Hall–Kier alpha value is -1.75. The molecular weight excluding hydrogens is 268 g/mol. The van der Waals surface area contributed by atoms with Gasteiger partial charge in [-0.1, -0.05) is 12.5 Å². The number of likely N-dealkylation sites (tertiary alicyclic amines) is 1. The predicted molar refractivity (Wildman–Crippen MR) is 81.4 cm³/mol. The summed E-state index contributed by atoms with van der Waals surface area (Å²) < 4.78 is 10.9. The fourth-order valence-electron chi connectivity index (χ4n) is 2.82. The first-order valence-electron chi connectivity index (χ1n) is 7.48. The van der Waals surface area contributed by atoms with Crippen LogP contribution in [-0.2, 0) is 11.3 Å². The van der Waals surface area contributed by atoms with Crippen LogP contribution in [0.15, 0.2) is 18.2 Å². The Kier molecular flexibility index (Phi) is 5.44. The standard InChI is InChI=1S/C16H24N2O3/c1-3-21-15-10-12(7-8-14(15)20-2)11-18-9-5-4-6-13(18)16(17)19/h7-8,10,13H,3-6,9,11H2,1-2H3,(H2,17,19). The number of nitrogens with two attached hydrogens (primary N) is 1. The monoisotopic (exact) mass is 292 g/mol. The number of amides is 1. The molecule has 1 aromatic carbocycles. The Morgan fingerprint density at radius 2 is 2.19 bits per heavy atom. The fourth-order valence-corrected chi connectivity index (χ4v) is 2.82. The second kappa shape index (κ2) is 7.31. The zero-order valence-electron chi connectivity index (χ0n) is 12.8. The van der Waals surface area contributed by atoms with Crippen LogP contribution >= 0.6 is 0 Å². The molecule has 5 heteroatoms. The number of carbonyl (C=O) groups is 1. The van der Waals surface area contributed by atoms with Gasteiger partial charge in [0.15, 0.2) is 11.5 Å². The molecule has 1 fully saturated rings. The molecule has 116 valence electrons. The molecule has 1 heterocycles. The minimum Gasteiger partial charge on any atom is -0.493 e. The SMILES string of the molecule is CCOc1cc(CN2CCCCC2C(N)=O)ccc1OC. The molecule has 0 spiro atoms. The van der Waals surface area contributed by atoms with E-state index in [0.29, 0.717) is 13.2 Å². The average molecular weight is 292 g/mol. The summed E-state index contributed by atoms with van der Waals surface area (Å²) in [5.41, 5.74) is 6.61. The third kappa shape index (κ3) is 3.88. The summed E-state index contributed by atoms with van der Waals surface area (Å²) in [7, 11) is 1.63. The minimum atomic E-state index is -0.228. The van der Waals surface area contributed by atoms with Gasteiger partial charge in [-0.15, -0.1) is 0 Å². The lowest BCUT2D eigenvalue weighted by atomic mass is 10.0. The quantitative estimate of drug-likeness (QED) is 0.870. The number of piperidine rings is 1. The van der Waals surface area contributed by atoms with E-state index in [-0.39, 0.29) is 11.9 Å². The molecule has 1 atom stereocenters. The largest absolute Gasteiger partial charge is 0.493 e. The molecule has 5 nitrogen and oxygen atoms in total. The number of carbonyl (C=O) groups excluding carboxylic acids is 1. The molecule has 2 N–H and O–H groups in total. The number of rotatable bonds is 6. The van der Waals surface area contributed by atoms with Crippen LogP contribution in [0, 0.1) is 0 Å². The maximum atomic E-state index is 11.6. The fraction of sp³-hybridized carbons (Fsp3) is 0.562. The summed E-state index contributed by atoms with van der Waals surface area (Å²) in [6.45, 7) is 4.15. The van der Waals surface area contributed by atoms with Crippen LogP contribution in [0.25, 0.3) is 0 Å². The van der Waals surface area contributed by atoms with E-state index in [9.17, 15) is 4.79 Å². The number of hydrogen-bond acceptors (Lipinski definition) is 4. The number of primary amides is 1. The molecule has 2 rings (SSSR count). The molecule has 1 saturated heterocycles. The molecule has 1 aliphatic heterocycles. The second-order valence-electron chi connectivity index (χ2n) is 5.30. The Morgan fingerprint density at radius 3 is 2.86 bits per heavy atom. The van der Waals surface area contributed by atoms with Crippen molar-refractivity contribution in [3.8, 4) is 11.5 Å². The van der Waals surface area contributed by atoms with Gasteiger partial charge in [0.1, 0.15) is 0 Å². The topological polar surface area (TPSA) is 64.8 Å². The van der Waals surface area contributed by atoms with Crippen molar-refractivity contribution in [3.05, 3.63) is 23.8 Å². The van der Waals surface area contributed by atoms with Gasteiger partial charge < -0.3 is 15.2 Å². The van der Waals surface area contributed by atoms with Crippen molar-refractivity contribution in [1.82, 2.24) is 4.90 Å². The van der Waals surface area contributed by atoms with Gasteiger partial charge in [0, 0.05) is 6.54 Å². The van der Waals surface area contributed by atoms with E-state index in [0.717, 1.165) is 42.9 Å². The van der Waals surface area contributed by atoms with Crippen molar-refractivity contribution in [1.29, 1.82) is 0 Å². The van der Waals surface area contributed by atoms with Gasteiger partial charge >= 0.3 is 0 Å². The molecule has 1 aliphatic rings. The Balaban J connectivity index is 2.14. The number of hydrogen-bond donors (Lipinski definition) is 1. The van der Waals surface area contributed by atoms with Gasteiger partial charge in [-0.25, -0.2) is 0 Å². The third-order valence-electron chi connectivity index (χ3n) is 3.86. The first-order valence-corrected chi connectivity index (χ1v) is 7.48. The third-order valence-corrected chi connectivity index (χ3v) is 3.86. The first-order chi connectivity index (χ1) is 10.2. The molecule has 1 unspecified atom stereocenters. The Labute approximate surface area is 126 Å². The van der Waals surface area contributed by atoms with Gasteiger partial charge in [-0.2, -0.15) is 0 Å². The van der Waals surface area contributed by atoms with E-state index in [1.165, 1.54) is 0 Å². The highest BCUT2D eigenvalue weighted by Gasteiger charge is 2.26. The van der Waals surface area contributed by atoms with E-state index in [1.54, 1.807) is 7.11 Å². The van der Waals surface area contributed by atoms with E-state index >= 15 is 0 Å². The van der Waals surface area contributed by atoms with Crippen LogP contribution in [-0.4, -0.2) is 37.1 Å². The molecule has 1 amide bonds. The molecular formula is C16H24N2O3. The van der Waals surface area contributed by atoms with Gasteiger partial charge in [0.2, 0.25) is 5.91 Å². The number of methoxy groups -OCH3 is 1. The first kappa shape index (κ1) is 15.6. The van der Waals surface area contributed by atoms with Gasteiger partial charge in [0.25, 0.3) is 0 Å². The Bertz CT molecular complexity index is 490. The molecule has 0 aliphatic carbocycles. The Morgan fingerprint density at radius 1 is 1.38 bits per heavy atom. The lowest BCUT2D eigenvalue weighted by Gasteiger charge is -2.33. The normalized spacial score (nSPS) is 19.2. The summed E-state index contributed by atoms with van der Waals surface area (Å²) >= 11 is 0. The molecule has 0 saturated carbocycles. The summed E-state index contributed by atoms with van der Waals surface area (Å²) in [5.74, 6) is 1.24. The predicted octanol–water partition coefficient (Wildman–Crippen LogP) is 1.93. The zero-order chi connectivity index (χ0) is 15.2. The van der Waals surface area contributed by atoms with Crippen molar-refractivity contribution in [2.75, 3.05) is 20.3 Å². The average Bonchev–Trinajstić information content (AvgIpc) is 2.48. The van der Waals surface area contributed by atoms with Crippen LogP contribution < -0.4 is 15.2 Å². The van der Waals surface area contributed by atoms with Crippen LogP contribution in [0.4, 0.5) is 0 Å². The van der Waals surface area contributed by atoms with Gasteiger partial charge in [-0.05, 0) is 44.0 Å². The smallest absolute Gasteiger partial charge is 0.234 e. The highest BCUT2D eigenvalue weighted by Crippen LogP contribution is 2.29. The van der Waals surface area contributed by atoms with E-state index in [2.05, 4.69) is 4.90 Å². The molecule has 0 radical (unpaired) electrons. The lowest BCUT2D eigenvalue weighted by Crippen LogP contribution is -2.47. The number of ether oxygens (including phenoxy) is 2. The van der Waals surface area contributed by atoms with Crippen LogP contribution in [0.3, 0.4) is 0 Å². The summed E-state index contributed by atoms with van der Waals surface area (Å²) in [5, 5.41) is 0. The van der Waals surface area contributed by atoms with E-state index < -0.39 is 0 Å². The minimum absolute atomic E-state index is 0.156. The van der Waals surface area contributed by atoms with Crippen LogP contribution in [0.2, 0.25) is 0 Å². The molecule has 1 aromatic rings. The molecule has 21 heavy (non-hydrogen) atoms. The highest BCUT2D eigenvalue weighted by atomic mass is 16.5. The molecule has 0 aromatic heterocycles. The van der Waals surface area contributed by atoms with E-state index in [1.807, 2.05) is 25.1 Å². The van der Waals surface area contributed by atoms with Crippen molar-refractivity contribution in [2.24, 2.45) is 5.73 Å². The number of benzene rings is 1. The number of nitrogens with zero attached hydrogens (tertiary/aromatic N) is 1. The summed E-state index contributed by atoms with van der Waals surface area (Å²) in [6, 6.07) is 5.74. The lowest BCUT2D eigenvalue weighted by molar-refractivity contribution is -0.124. The maximum absolute atomic E-state index is 11.6. The van der Waals surface area contributed by atoms with Crippen molar-refractivity contribution >= 4 is 5.91 Å². The molecule has 0 bridgehead atoms. The second-order valence-corrected chi connectivity index (χ2v) is 5.30. The van der Waals surface area contributed by atoms with Gasteiger partial charge in [-0.3, -0.25) is 9.69 Å². The van der Waals surface area contributed by atoms with Crippen molar-refractivity contribution in [3.63, 3.8) is 0 Å². The summed E-state index contributed by atoms with van der Waals surface area (Å²) in [4.78, 5) is 13.7. The van der Waals surface area contributed by atoms with Crippen LogP contribution in [0.5, 0.6) is 11.5 Å². The summed E-state index contributed by atoms with van der Waals surface area (Å²) in [6.07, 6.45) is 3.03. The highest BCUT2D eigenvalue weighted by molar-refractivity contribution is 5.79. The maximum Gasteiger partial charge on any atom is 0.234 e. The van der Waals surface area contributed by atoms with E-state index in [4.69, 9.17) is 15.2 Å². The van der Waals surface area contributed by atoms with Crippen LogP contribution in [0.1, 0.15) is 31.7 Å². The zero-order valence-corrected chi connectivity index (χ0v) is 12.8.